The number of rotatable bonds is 2. The van der Waals surface area contributed by atoms with E-state index in [1.54, 1.807) is 13.3 Å². The molecule has 1 unspecified atom stereocenters. The Kier molecular flexibility index (Phi) is 3.19. The summed E-state index contributed by atoms with van der Waals surface area (Å²) in [5.74, 6) is 0. The van der Waals surface area contributed by atoms with Gasteiger partial charge >= 0.3 is 0 Å². The molecule has 7 heavy (non-hydrogen) atoms. The lowest BCUT2D eigenvalue weighted by atomic mass is 10.4. The van der Waals surface area contributed by atoms with Gasteiger partial charge in [0.15, 0.2) is 0 Å². The molecule has 0 aliphatic carbocycles. The lowest BCUT2D eigenvalue weighted by Gasteiger charge is -1.89. The van der Waals surface area contributed by atoms with Crippen molar-refractivity contribution in [2.75, 3.05) is 7.05 Å². The lowest BCUT2D eigenvalue weighted by molar-refractivity contribution is 1.00. The molecule has 0 aromatic rings. The van der Waals surface area contributed by atoms with Crippen LogP contribution in [-0.4, -0.2) is 26.0 Å². The van der Waals surface area contributed by atoms with Crippen LogP contribution >= 0.6 is 0 Å². The Morgan fingerprint density at radius 1 is 1.71 bits per heavy atom. The van der Waals surface area contributed by atoms with Crippen LogP contribution in [0.2, 0.25) is 0 Å². The van der Waals surface area contributed by atoms with E-state index < -0.39 is 0 Å². The first kappa shape index (κ1) is 6.34. The fourth-order valence-electron chi connectivity index (χ4n) is 0.263. The summed E-state index contributed by atoms with van der Waals surface area (Å²) in [5.41, 5.74) is 0. The zero-order valence-electron chi connectivity index (χ0n) is 4.76. The second kappa shape index (κ2) is 3.53. The molecule has 0 rings (SSSR count). The van der Waals surface area contributed by atoms with Crippen molar-refractivity contribution in [3.8, 4) is 0 Å². The average Bonchev–Trinajstić information content (AvgIpc) is 1.68. The minimum Gasteiger partial charge on any atom is -0.299 e. The number of hydrogen-bond acceptors (Lipinski definition) is 2. The SMILES string of the molecule is C=NC(C)C=NC. The highest BCUT2D eigenvalue weighted by Crippen LogP contribution is 1.78. The van der Waals surface area contributed by atoms with Gasteiger partial charge in [0.25, 0.3) is 0 Å². The predicted molar refractivity (Wildman–Crippen MR) is 33.4 cm³/mol. The van der Waals surface area contributed by atoms with E-state index in [1.165, 1.54) is 0 Å². The predicted octanol–water partition coefficient (Wildman–Crippen LogP) is 0.776. The van der Waals surface area contributed by atoms with E-state index in [0.29, 0.717) is 0 Å². The zero-order valence-corrected chi connectivity index (χ0v) is 4.76. The molecular weight excluding hydrogens is 88.1 g/mol. The summed E-state index contributed by atoms with van der Waals surface area (Å²) in [4.78, 5) is 7.43. The van der Waals surface area contributed by atoms with Crippen molar-refractivity contribution >= 4 is 12.9 Å². The minimum absolute atomic E-state index is 0.171. The van der Waals surface area contributed by atoms with E-state index >= 15 is 0 Å². The standard InChI is InChI=1S/C5H10N2/c1-5(7-3)4-6-2/h4-5H,3H2,1-2H3. The van der Waals surface area contributed by atoms with E-state index in [-0.39, 0.29) is 6.04 Å². The average molecular weight is 98.1 g/mol. The highest BCUT2D eigenvalue weighted by molar-refractivity contribution is 5.64. The first-order chi connectivity index (χ1) is 3.31. The maximum atomic E-state index is 3.75. The van der Waals surface area contributed by atoms with Crippen LogP contribution in [0.3, 0.4) is 0 Å². The van der Waals surface area contributed by atoms with Crippen LogP contribution in [-0.2, 0) is 0 Å². The number of aliphatic imine (C=N–C) groups is 2. The van der Waals surface area contributed by atoms with Crippen LogP contribution < -0.4 is 0 Å². The molecule has 0 heterocycles. The van der Waals surface area contributed by atoms with Crippen molar-refractivity contribution in [1.82, 2.24) is 0 Å². The highest BCUT2D eigenvalue weighted by atomic mass is 14.8. The first-order valence-corrected chi connectivity index (χ1v) is 2.19. The van der Waals surface area contributed by atoms with Crippen molar-refractivity contribution in [2.24, 2.45) is 9.98 Å². The summed E-state index contributed by atoms with van der Waals surface area (Å²) in [7, 11) is 1.72. The van der Waals surface area contributed by atoms with Crippen LogP contribution in [0.5, 0.6) is 0 Å². The highest BCUT2D eigenvalue weighted by Gasteiger charge is 1.83. The van der Waals surface area contributed by atoms with Gasteiger partial charge in [-0.15, -0.1) is 0 Å². The summed E-state index contributed by atoms with van der Waals surface area (Å²) < 4.78 is 0. The molecular formula is C5H10N2. The fourth-order valence-corrected chi connectivity index (χ4v) is 0.263. The fraction of sp³-hybridized carbons (Fsp3) is 0.600. The van der Waals surface area contributed by atoms with Gasteiger partial charge in [-0.05, 0) is 13.6 Å². The van der Waals surface area contributed by atoms with Crippen molar-refractivity contribution in [3.05, 3.63) is 0 Å². The van der Waals surface area contributed by atoms with Gasteiger partial charge in [-0.2, -0.15) is 0 Å². The van der Waals surface area contributed by atoms with Crippen LogP contribution in [0.4, 0.5) is 0 Å². The lowest BCUT2D eigenvalue weighted by Crippen LogP contribution is -1.96. The molecule has 0 aromatic heterocycles. The minimum atomic E-state index is 0.171. The van der Waals surface area contributed by atoms with Crippen molar-refractivity contribution < 1.29 is 0 Å². The molecule has 0 saturated heterocycles. The summed E-state index contributed by atoms with van der Waals surface area (Å²) in [5, 5.41) is 0. The van der Waals surface area contributed by atoms with Gasteiger partial charge in [0.2, 0.25) is 0 Å². The summed E-state index contributed by atoms with van der Waals surface area (Å²) in [6, 6.07) is 0.171. The Morgan fingerprint density at radius 3 is 2.43 bits per heavy atom. The monoisotopic (exact) mass is 98.1 g/mol. The zero-order chi connectivity index (χ0) is 5.70. The Morgan fingerprint density at radius 2 is 2.29 bits per heavy atom. The molecule has 40 valence electrons. The molecule has 0 fully saturated rings. The quantitative estimate of drug-likeness (QED) is 0.456. The second-order valence-corrected chi connectivity index (χ2v) is 1.33. The Labute approximate surface area is 44.0 Å². The van der Waals surface area contributed by atoms with Crippen LogP contribution in [0.15, 0.2) is 9.98 Å². The number of nitrogens with zero attached hydrogens (tertiary/aromatic N) is 2. The number of hydrogen-bond donors (Lipinski definition) is 0. The van der Waals surface area contributed by atoms with Gasteiger partial charge in [0.05, 0.1) is 6.04 Å². The van der Waals surface area contributed by atoms with Gasteiger partial charge in [-0.25, -0.2) is 0 Å². The third kappa shape index (κ3) is 3.16. The molecule has 0 amide bonds. The molecule has 1 atom stereocenters. The molecule has 0 N–H and O–H groups in total. The van der Waals surface area contributed by atoms with Crippen molar-refractivity contribution in [3.63, 3.8) is 0 Å². The summed E-state index contributed by atoms with van der Waals surface area (Å²) in [6.45, 7) is 5.27. The maximum absolute atomic E-state index is 3.75. The van der Waals surface area contributed by atoms with Crippen molar-refractivity contribution in [1.29, 1.82) is 0 Å². The molecule has 2 heteroatoms. The Hall–Kier alpha value is -0.660. The van der Waals surface area contributed by atoms with Crippen LogP contribution in [0.25, 0.3) is 0 Å². The molecule has 0 aliphatic rings. The molecule has 0 aliphatic heterocycles. The topological polar surface area (TPSA) is 24.7 Å². The molecule has 0 saturated carbocycles. The van der Waals surface area contributed by atoms with Crippen LogP contribution in [0, 0.1) is 0 Å². The van der Waals surface area contributed by atoms with E-state index in [4.69, 9.17) is 0 Å². The van der Waals surface area contributed by atoms with Crippen molar-refractivity contribution in [2.45, 2.75) is 13.0 Å². The van der Waals surface area contributed by atoms with Gasteiger partial charge in [0, 0.05) is 13.3 Å². The van der Waals surface area contributed by atoms with E-state index in [2.05, 4.69) is 16.7 Å². The molecule has 0 spiro atoms. The van der Waals surface area contributed by atoms with E-state index in [9.17, 15) is 0 Å². The van der Waals surface area contributed by atoms with E-state index in [1.807, 2.05) is 6.92 Å². The van der Waals surface area contributed by atoms with Gasteiger partial charge in [-0.1, -0.05) is 0 Å². The summed E-state index contributed by atoms with van der Waals surface area (Å²) >= 11 is 0. The Bertz CT molecular complexity index is 76.1. The molecule has 0 radical (unpaired) electrons. The molecule has 0 bridgehead atoms. The first-order valence-electron chi connectivity index (χ1n) is 2.19. The van der Waals surface area contributed by atoms with E-state index in [0.717, 1.165) is 0 Å². The normalized spacial score (nSPS) is 14.6. The second-order valence-electron chi connectivity index (χ2n) is 1.33. The molecule has 2 nitrogen and oxygen atoms in total. The summed E-state index contributed by atoms with van der Waals surface area (Å²) in [6.07, 6.45) is 1.74. The van der Waals surface area contributed by atoms with Gasteiger partial charge in [0.1, 0.15) is 0 Å². The van der Waals surface area contributed by atoms with Crippen LogP contribution in [0.1, 0.15) is 6.92 Å². The molecule has 0 aromatic carbocycles. The third-order valence-electron chi connectivity index (χ3n) is 0.653. The Balaban J connectivity index is 3.35. The third-order valence-corrected chi connectivity index (χ3v) is 0.653. The van der Waals surface area contributed by atoms with Gasteiger partial charge < -0.3 is 0 Å². The largest absolute Gasteiger partial charge is 0.299 e. The van der Waals surface area contributed by atoms with Gasteiger partial charge in [-0.3, -0.25) is 9.98 Å². The smallest absolute Gasteiger partial charge is 0.0810 e. The maximum Gasteiger partial charge on any atom is 0.0810 e.